The summed E-state index contributed by atoms with van der Waals surface area (Å²) in [6.07, 6.45) is 8.36. The SMILES string of the molecule is CN1CCC(CCNC(=O)n2ccnc2)CC1. The van der Waals surface area contributed by atoms with Crippen LogP contribution < -0.4 is 5.32 Å². The molecule has 5 heteroatoms. The van der Waals surface area contributed by atoms with Crippen LogP contribution in [-0.2, 0) is 0 Å². The van der Waals surface area contributed by atoms with Gasteiger partial charge >= 0.3 is 6.03 Å². The Bertz CT molecular complexity index is 341. The Morgan fingerprint density at radius 3 is 2.88 bits per heavy atom. The van der Waals surface area contributed by atoms with E-state index in [1.165, 1.54) is 36.8 Å². The van der Waals surface area contributed by atoms with Crippen LogP contribution >= 0.6 is 0 Å². The Morgan fingerprint density at radius 2 is 2.24 bits per heavy atom. The highest BCUT2D eigenvalue weighted by molar-refractivity contribution is 5.76. The van der Waals surface area contributed by atoms with Crippen LogP contribution in [0.15, 0.2) is 18.7 Å². The molecule has 1 aliphatic heterocycles. The maximum atomic E-state index is 11.6. The molecule has 94 valence electrons. The van der Waals surface area contributed by atoms with Gasteiger partial charge in [0.05, 0.1) is 0 Å². The number of carbonyl (C=O) groups excluding carboxylic acids is 1. The predicted octanol–water partition coefficient (Wildman–Crippen LogP) is 1.17. The molecule has 0 bridgehead atoms. The second kappa shape index (κ2) is 5.82. The van der Waals surface area contributed by atoms with Crippen molar-refractivity contribution in [3.05, 3.63) is 18.7 Å². The van der Waals surface area contributed by atoms with E-state index in [4.69, 9.17) is 0 Å². The van der Waals surface area contributed by atoms with Gasteiger partial charge in [0.2, 0.25) is 0 Å². The number of hydrogen-bond acceptors (Lipinski definition) is 3. The van der Waals surface area contributed by atoms with Gasteiger partial charge in [0.15, 0.2) is 0 Å². The molecule has 2 heterocycles. The second-order valence-corrected chi connectivity index (χ2v) is 4.74. The van der Waals surface area contributed by atoms with E-state index >= 15 is 0 Å². The van der Waals surface area contributed by atoms with Gasteiger partial charge in [0.25, 0.3) is 0 Å². The van der Waals surface area contributed by atoms with Gasteiger partial charge in [-0.05, 0) is 45.3 Å². The topological polar surface area (TPSA) is 50.2 Å². The molecule has 1 saturated heterocycles. The lowest BCUT2D eigenvalue weighted by atomic mass is 9.94. The Hall–Kier alpha value is -1.36. The van der Waals surface area contributed by atoms with E-state index in [-0.39, 0.29) is 6.03 Å². The lowest BCUT2D eigenvalue weighted by Gasteiger charge is -2.28. The minimum Gasteiger partial charge on any atom is -0.337 e. The zero-order valence-corrected chi connectivity index (χ0v) is 10.3. The van der Waals surface area contributed by atoms with Gasteiger partial charge in [-0.2, -0.15) is 0 Å². The molecule has 1 aliphatic rings. The van der Waals surface area contributed by atoms with Crippen LogP contribution in [0.4, 0.5) is 4.79 Å². The smallest absolute Gasteiger partial charge is 0.326 e. The summed E-state index contributed by atoms with van der Waals surface area (Å²) in [5.41, 5.74) is 0. The van der Waals surface area contributed by atoms with E-state index in [2.05, 4.69) is 22.2 Å². The lowest BCUT2D eigenvalue weighted by molar-refractivity contribution is 0.210. The molecular formula is C12H20N4O. The molecule has 0 atom stereocenters. The van der Waals surface area contributed by atoms with Gasteiger partial charge in [-0.1, -0.05) is 0 Å². The van der Waals surface area contributed by atoms with Crippen LogP contribution in [0.25, 0.3) is 0 Å². The molecule has 0 aromatic carbocycles. The molecule has 2 rings (SSSR count). The summed E-state index contributed by atoms with van der Waals surface area (Å²) in [7, 11) is 2.16. The van der Waals surface area contributed by atoms with Crippen LogP contribution in [0, 0.1) is 5.92 Å². The number of carbonyl (C=O) groups is 1. The largest absolute Gasteiger partial charge is 0.337 e. The van der Waals surface area contributed by atoms with Crippen molar-refractivity contribution < 1.29 is 4.79 Å². The molecule has 1 amide bonds. The highest BCUT2D eigenvalue weighted by Gasteiger charge is 2.16. The van der Waals surface area contributed by atoms with Crippen LogP contribution in [0.1, 0.15) is 19.3 Å². The summed E-state index contributed by atoms with van der Waals surface area (Å²) in [5, 5.41) is 2.91. The first kappa shape index (κ1) is 12.1. The third kappa shape index (κ3) is 3.56. The van der Waals surface area contributed by atoms with Gasteiger partial charge in [-0.3, -0.25) is 4.57 Å². The average Bonchev–Trinajstić information content (AvgIpc) is 2.85. The predicted molar refractivity (Wildman–Crippen MR) is 65.9 cm³/mol. The van der Waals surface area contributed by atoms with E-state index in [0.29, 0.717) is 0 Å². The molecule has 1 aromatic heterocycles. The van der Waals surface area contributed by atoms with Crippen LogP contribution in [0.3, 0.4) is 0 Å². The van der Waals surface area contributed by atoms with Crippen LogP contribution in [0.2, 0.25) is 0 Å². The summed E-state index contributed by atoms with van der Waals surface area (Å²) >= 11 is 0. The fourth-order valence-corrected chi connectivity index (χ4v) is 2.20. The maximum Gasteiger partial charge on any atom is 0.326 e. The number of nitrogens with zero attached hydrogens (tertiary/aromatic N) is 3. The van der Waals surface area contributed by atoms with E-state index in [1.54, 1.807) is 12.4 Å². The number of imidazole rings is 1. The summed E-state index contributed by atoms with van der Waals surface area (Å²) in [5.74, 6) is 0.759. The van der Waals surface area contributed by atoms with Crippen molar-refractivity contribution in [1.29, 1.82) is 0 Å². The maximum absolute atomic E-state index is 11.6. The molecule has 0 radical (unpaired) electrons. The van der Waals surface area contributed by atoms with Crippen molar-refractivity contribution >= 4 is 6.03 Å². The molecule has 5 nitrogen and oxygen atoms in total. The molecule has 0 aliphatic carbocycles. The summed E-state index contributed by atoms with van der Waals surface area (Å²) in [6.45, 7) is 3.12. The number of aromatic nitrogens is 2. The van der Waals surface area contributed by atoms with Gasteiger partial charge in [-0.25, -0.2) is 9.78 Å². The highest BCUT2D eigenvalue weighted by Crippen LogP contribution is 2.18. The van der Waals surface area contributed by atoms with E-state index < -0.39 is 0 Å². The van der Waals surface area contributed by atoms with Crippen molar-refractivity contribution in [2.45, 2.75) is 19.3 Å². The van der Waals surface area contributed by atoms with Crippen LogP contribution in [0.5, 0.6) is 0 Å². The molecule has 1 aromatic rings. The number of rotatable bonds is 3. The van der Waals surface area contributed by atoms with Crippen molar-refractivity contribution in [3.63, 3.8) is 0 Å². The van der Waals surface area contributed by atoms with E-state index in [9.17, 15) is 4.79 Å². The van der Waals surface area contributed by atoms with E-state index in [1.807, 2.05) is 0 Å². The minimum atomic E-state index is -0.0876. The first-order valence-corrected chi connectivity index (χ1v) is 6.20. The molecular weight excluding hydrogens is 216 g/mol. The first-order chi connectivity index (χ1) is 8.25. The monoisotopic (exact) mass is 236 g/mol. The number of piperidine rings is 1. The number of amides is 1. The molecule has 1 N–H and O–H groups in total. The fraction of sp³-hybridized carbons (Fsp3) is 0.667. The molecule has 1 fully saturated rings. The van der Waals surface area contributed by atoms with Crippen molar-refractivity contribution in [3.8, 4) is 0 Å². The normalized spacial score (nSPS) is 18.2. The molecule has 17 heavy (non-hydrogen) atoms. The number of nitrogens with one attached hydrogen (secondary N) is 1. The Morgan fingerprint density at radius 1 is 1.47 bits per heavy atom. The summed E-state index contributed by atoms with van der Waals surface area (Å²) < 4.78 is 1.47. The first-order valence-electron chi connectivity index (χ1n) is 6.20. The number of likely N-dealkylation sites (tertiary alicyclic amines) is 1. The van der Waals surface area contributed by atoms with Gasteiger partial charge in [-0.15, -0.1) is 0 Å². The lowest BCUT2D eigenvalue weighted by Crippen LogP contribution is -2.33. The fourth-order valence-electron chi connectivity index (χ4n) is 2.20. The van der Waals surface area contributed by atoms with Gasteiger partial charge in [0.1, 0.15) is 6.33 Å². The molecule has 0 saturated carbocycles. The zero-order chi connectivity index (χ0) is 12.1. The summed E-state index contributed by atoms with van der Waals surface area (Å²) in [4.78, 5) is 17.8. The molecule has 0 spiro atoms. The Labute approximate surface area is 102 Å². The Kier molecular flexibility index (Phi) is 4.14. The van der Waals surface area contributed by atoms with E-state index in [0.717, 1.165) is 18.9 Å². The van der Waals surface area contributed by atoms with Crippen LogP contribution in [-0.4, -0.2) is 47.2 Å². The zero-order valence-electron chi connectivity index (χ0n) is 10.3. The second-order valence-electron chi connectivity index (χ2n) is 4.74. The van der Waals surface area contributed by atoms with Gasteiger partial charge in [0, 0.05) is 18.9 Å². The average molecular weight is 236 g/mol. The van der Waals surface area contributed by atoms with Crippen molar-refractivity contribution in [2.24, 2.45) is 5.92 Å². The Balaban J connectivity index is 1.64. The molecule has 0 unspecified atom stereocenters. The van der Waals surface area contributed by atoms with Crippen molar-refractivity contribution in [2.75, 3.05) is 26.7 Å². The highest BCUT2D eigenvalue weighted by atomic mass is 16.2. The van der Waals surface area contributed by atoms with Gasteiger partial charge < -0.3 is 10.2 Å². The quantitative estimate of drug-likeness (QED) is 0.857. The van der Waals surface area contributed by atoms with Crippen molar-refractivity contribution in [1.82, 2.24) is 19.8 Å². The third-order valence-corrected chi connectivity index (χ3v) is 3.41. The standard InChI is InChI=1S/C12H20N4O/c1-15-7-3-11(4-8-15)2-5-14-12(17)16-9-6-13-10-16/h6,9-11H,2-5,7-8H2,1H3,(H,14,17). The summed E-state index contributed by atoms with van der Waals surface area (Å²) in [6, 6.07) is -0.0876. The minimum absolute atomic E-state index is 0.0876. The third-order valence-electron chi connectivity index (χ3n) is 3.41. The number of hydrogen-bond donors (Lipinski definition) is 1.